The monoisotopic (exact) mass is 319 g/mol. The molecule has 4 rings (SSSR count). The maximum absolute atomic E-state index is 11.7. The highest BCUT2D eigenvalue weighted by molar-refractivity contribution is 8.00. The van der Waals surface area contributed by atoms with E-state index < -0.39 is 5.97 Å². The molecule has 1 aromatic carbocycles. The summed E-state index contributed by atoms with van der Waals surface area (Å²) in [7, 11) is 0. The second kappa shape index (κ2) is 7.05. The molecule has 3 heterocycles. The highest BCUT2D eigenvalue weighted by Gasteiger charge is 2.36. The Morgan fingerprint density at radius 2 is 2.00 bits per heavy atom. The van der Waals surface area contributed by atoms with Gasteiger partial charge in [0.2, 0.25) is 0 Å². The van der Waals surface area contributed by atoms with Crippen LogP contribution < -0.4 is 0 Å². The Morgan fingerprint density at radius 1 is 1.32 bits per heavy atom. The van der Waals surface area contributed by atoms with E-state index in [1.165, 1.54) is 25.9 Å². The molecule has 0 saturated carbocycles. The summed E-state index contributed by atoms with van der Waals surface area (Å²) in [6.45, 7) is 5.68. The Morgan fingerprint density at radius 3 is 2.55 bits per heavy atom. The van der Waals surface area contributed by atoms with Crippen molar-refractivity contribution in [2.24, 2.45) is 11.8 Å². The van der Waals surface area contributed by atoms with Gasteiger partial charge in [0.15, 0.2) is 0 Å². The van der Waals surface area contributed by atoms with Gasteiger partial charge in [-0.25, -0.2) is 0 Å². The fraction of sp³-hybridized carbons (Fsp3) is 0.611. The van der Waals surface area contributed by atoms with Crippen molar-refractivity contribution >= 4 is 17.7 Å². The van der Waals surface area contributed by atoms with Crippen molar-refractivity contribution in [1.29, 1.82) is 0 Å². The van der Waals surface area contributed by atoms with E-state index in [9.17, 15) is 9.90 Å². The minimum atomic E-state index is -0.662. The topological polar surface area (TPSA) is 40.5 Å². The number of thioether (sulfide) groups is 1. The van der Waals surface area contributed by atoms with Crippen LogP contribution in [-0.4, -0.2) is 46.6 Å². The Labute approximate surface area is 137 Å². The summed E-state index contributed by atoms with van der Waals surface area (Å²) in [6.07, 6.45) is 2.59. The van der Waals surface area contributed by atoms with Crippen molar-refractivity contribution in [1.82, 2.24) is 4.90 Å². The van der Waals surface area contributed by atoms with Crippen molar-refractivity contribution < 1.29 is 9.90 Å². The summed E-state index contributed by atoms with van der Waals surface area (Å²) in [4.78, 5) is 14.3. The minimum absolute atomic E-state index is 0.0623. The molecule has 22 heavy (non-hydrogen) atoms. The van der Waals surface area contributed by atoms with Gasteiger partial charge < -0.3 is 10.0 Å². The fourth-order valence-corrected chi connectivity index (χ4v) is 5.49. The zero-order chi connectivity index (χ0) is 15.5. The minimum Gasteiger partial charge on any atom is -0.481 e. The summed E-state index contributed by atoms with van der Waals surface area (Å²) >= 11 is 1.90. The fourth-order valence-electron chi connectivity index (χ4n) is 3.75. The smallest absolute Gasteiger partial charge is 0.307 e. The highest BCUT2D eigenvalue weighted by Crippen LogP contribution is 2.37. The number of nitrogens with zero attached hydrogens (tertiary/aromatic N) is 1. The first-order valence-electron chi connectivity index (χ1n) is 8.27. The number of benzene rings is 1. The zero-order valence-corrected chi connectivity index (χ0v) is 14.0. The van der Waals surface area contributed by atoms with E-state index in [-0.39, 0.29) is 11.8 Å². The van der Waals surface area contributed by atoms with Crippen LogP contribution in [0.25, 0.3) is 0 Å². The lowest BCUT2D eigenvalue weighted by molar-refractivity contribution is -0.141. The first-order valence-corrected chi connectivity index (χ1v) is 9.31. The molecule has 0 amide bonds. The molecule has 3 nitrogen and oxygen atoms in total. The number of aliphatic carboxylic acids is 1. The van der Waals surface area contributed by atoms with Gasteiger partial charge in [0, 0.05) is 17.5 Å². The number of carboxylic acid groups (broad SMARTS) is 1. The Balaban J connectivity index is 1.61. The molecule has 0 radical (unpaired) electrons. The van der Waals surface area contributed by atoms with Gasteiger partial charge >= 0.3 is 5.97 Å². The van der Waals surface area contributed by atoms with E-state index in [0.717, 1.165) is 23.8 Å². The van der Waals surface area contributed by atoms with Gasteiger partial charge in [-0.3, -0.25) is 4.79 Å². The Bertz CT molecular complexity index is 499. The molecule has 1 aromatic rings. The van der Waals surface area contributed by atoms with Crippen LogP contribution in [0, 0.1) is 11.8 Å². The lowest BCUT2D eigenvalue weighted by Gasteiger charge is -2.44. The van der Waals surface area contributed by atoms with Crippen molar-refractivity contribution in [2.75, 3.05) is 25.4 Å². The van der Waals surface area contributed by atoms with Crippen LogP contribution in [0.3, 0.4) is 0 Å². The van der Waals surface area contributed by atoms with Gasteiger partial charge in [-0.05, 0) is 43.3 Å². The van der Waals surface area contributed by atoms with E-state index in [2.05, 4.69) is 4.90 Å². The molecular formula is C18H25NO2S. The van der Waals surface area contributed by atoms with Gasteiger partial charge in [0.25, 0.3) is 0 Å². The quantitative estimate of drug-likeness (QED) is 0.873. The Hall–Kier alpha value is -1.00. The van der Waals surface area contributed by atoms with Crippen molar-refractivity contribution in [2.45, 2.75) is 30.9 Å². The molecule has 3 unspecified atom stereocenters. The van der Waals surface area contributed by atoms with Crippen LogP contribution in [0.2, 0.25) is 0 Å². The van der Waals surface area contributed by atoms with Crippen LogP contribution >= 0.6 is 11.8 Å². The van der Waals surface area contributed by atoms with E-state index in [0.29, 0.717) is 5.25 Å². The maximum Gasteiger partial charge on any atom is 0.307 e. The van der Waals surface area contributed by atoms with Crippen LogP contribution in [0.15, 0.2) is 30.3 Å². The summed E-state index contributed by atoms with van der Waals surface area (Å²) < 4.78 is 0. The summed E-state index contributed by atoms with van der Waals surface area (Å²) in [5.74, 6) is 0.622. The molecule has 2 bridgehead atoms. The summed E-state index contributed by atoms with van der Waals surface area (Å²) in [5.41, 5.74) is 1.13. The standard InChI is InChI=1S/C18H25NO2S/c1-13(14-5-3-2-4-6-14)16(18(20)21)12-22-17-11-19-9-7-15(17)8-10-19/h2-6,13,15-17H,7-12H2,1H3,(H,20,21). The van der Waals surface area contributed by atoms with E-state index in [4.69, 9.17) is 0 Å². The van der Waals surface area contributed by atoms with Crippen LogP contribution in [0.1, 0.15) is 31.2 Å². The predicted octanol–water partition coefficient (Wildman–Crippen LogP) is 3.32. The van der Waals surface area contributed by atoms with Gasteiger partial charge in [0.05, 0.1) is 5.92 Å². The van der Waals surface area contributed by atoms with Crippen LogP contribution in [0.4, 0.5) is 0 Å². The second-order valence-corrected chi connectivity index (χ2v) is 7.93. The van der Waals surface area contributed by atoms with Crippen molar-refractivity contribution in [3.63, 3.8) is 0 Å². The molecule has 0 aliphatic carbocycles. The van der Waals surface area contributed by atoms with Gasteiger partial charge in [-0.1, -0.05) is 37.3 Å². The molecule has 0 aromatic heterocycles. The maximum atomic E-state index is 11.7. The summed E-state index contributed by atoms with van der Waals surface area (Å²) in [5, 5.41) is 10.3. The van der Waals surface area contributed by atoms with Crippen LogP contribution in [0.5, 0.6) is 0 Å². The molecule has 1 N–H and O–H groups in total. The average molecular weight is 319 g/mol. The molecule has 3 saturated heterocycles. The number of rotatable bonds is 6. The SMILES string of the molecule is CC(c1ccccc1)C(CSC1CN2CCC1CC2)C(=O)O. The molecule has 120 valence electrons. The highest BCUT2D eigenvalue weighted by atomic mass is 32.2. The molecule has 0 spiro atoms. The number of hydrogen-bond donors (Lipinski definition) is 1. The number of piperidine rings is 3. The second-order valence-electron chi connectivity index (χ2n) is 6.65. The number of carbonyl (C=O) groups is 1. The zero-order valence-electron chi connectivity index (χ0n) is 13.1. The van der Waals surface area contributed by atoms with E-state index in [1.807, 2.05) is 49.0 Å². The van der Waals surface area contributed by atoms with E-state index >= 15 is 0 Å². The third-order valence-corrected chi connectivity index (χ3v) is 6.85. The Kier molecular flexibility index (Phi) is 5.09. The first-order chi connectivity index (χ1) is 10.6. The van der Waals surface area contributed by atoms with Crippen molar-refractivity contribution in [3.05, 3.63) is 35.9 Å². The van der Waals surface area contributed by atoms with Crippen molar-refractivity contribution in [3.8, 4) is 0 Å². The third-order valence-electron chi connectivity index (χ3n) is 5.33. The summed E-state index contributed by atoms with van der Waals surface area (Å²) in [6, 6.07) is 10.0. The number of carboxylic acids is 1. The lowest BCUT2D eigenvalue weighted by atomic mass is 9.88. The lowest BCUT2D eigenvalue weighted by Crippen LogP contribution is -2.49. The number of fused-ring (bicyclic) bond motifs is 3. The molecule has 4 heteroatoms. The number of hydrogen-bond acceptors (Lipinski definition) is 3. The predicted molar refractivity (Wildman–Crippen MR) is 91.4 cm³/mol. The molecule has 3 aliphatic heterocycles. The first kappa shape index (κ1) is 15.9. The molecule has 3 aliphatic rings. The van der Waals surface area contributed by atoms with Gasteiger partial charge in [-0.2, -0.15) is 11.8 Å². The van der Waals surface area contributed by atoms with Gasteiger partial charge in [-0.15, -0.1) is 0 Å². The normalized spacial score (nSPS) is 30.0. The largest absolute Gasteiger partial charge is 0.481 e. The third kappa shape index (κ3) is 3.49. The molecule has 3 atom stereocenters. The average Bonchev–Trinajstić information content (AvgIpc) is 2.56. The molecule has 3 fully saturated rings. The van der Waals surface area contributed by atoms with Crippen LogP contribution in [-0.2, 0) is 4.79 Å². The van der Waals surface area contributed by atoms with Gasteiger partial charge in [0.1, 0.15) is 0 Å². The molecular weight excluding hydrogens is 294 g/mol. The van der Waals surface area contributed by atoms with E-state index in [1.54, 1.807) is 0 Å².